The van der Waals surface area contributed by atoms with E-state index in [9.17, 15) is 4.79 Å². The molecule has 0 radical (unpaired) electrons. The van der Waals surface area contributed by atoms with Crippen LogP contribution in [0.5, 0.6) is 11.5 Å². The van der Waals surface area contributed by atoms with Crippen LogP contribution in [0.4, 0.5) is 17.1 Å². The summed E-state index contributed by atoms with van der Waals surface area (Å²) in [6.07, 6.45) is 2.80. The molecular weight excluding hydrogens is 442 g/mol. The predicted molar refractivity (Wildman–Crippen MR) is 123 cm³/mol. The molecule has 3 aromatic carbocycles. The number of fused-ring (bicyclic) bond motifs is 2. The van der Waals surface area contributed by atoms with Gasteiger partial charge in [0.1, 0.15) is 0 Å². The van der Waals surface area contributed by atoms with E-state index in [4.69, 9.17) is 9.47 Å². The van der Waals surface area contributed by atoms with E-state index in [2.05, 4.69) is 82.9 Å². The molecule has 0 bridgehead atoms. The summed E-state index contributed by atoms with van der Waals surface area (Å²) >= 11 is 3.54. The molecule has 0 spiro atoms. The molecule has 3 aromatic rings. The average Bonchev–Trinajstić information content (AvgIpc) is 2.75. The maximum Gasteiger partial charge on any atom is 0.330 e. The number of rotatable bonds is 6. The zero-order valence-electron chi connectivity index (χ0n) is 16.7. The number of nitrogens with zero attached hydrogens (tertiary/aromatic N) is 1. The summed E-state index contributed by atoms with van der Waals surface area (Å²) in [6, 6.07) is 20.8. The molecule has 30 heavy (non-hydrogen) atoms. The average molecular weight is 464 g/mol. The Bertz CT molecular complexity index is 1040. The summed E-state index contributed by atoms with van der Waals surface area (Å²) in [5, 5.41) is 0. The van der Waals surface area contributed by atoms with E-state index in [1.807, 2.05) is 12.1 Å². The van der Waals surface area contributed by atoms with Crippen LogP contribution in [0.15, 0.2) is 77.8 Å². The zero-order chi connectivity index (χ0) is 21.1. The lowest BCUT2D eigenvalue weighted by Crippen LogP contribution is -2.16. The molecule has 0 atom stereocenters. The Labute approximate surface area is 184 Å². The number of hydrogen-bond donors (Lipinski definition) is 0. The van der Waals surface area contributed by atoms with Gasteiger partial charge in [-0.15, -0.1) is 0 Å². The fraction of sp³-hybridized carbons (Fsp3) is 0.160. The highest BCUT2D eigenvalue weighted by molar-refractivity contribution is 9.10. The molecule has 0 unspecified atom stereocenters. The van der Waals surface area contributed by atoms with E-state index in [-0.39, 0.29) is 5.97 Å². The van der Waals surface area contributed by atoms with Gasteiger partial charge in [-0.1, -0.05) is 40.7 Å². The summed E-state index contributed by atoms with van der Waals surface area (Å²) in [7, 11) is 0. The van der Waals surface area contributed by atoms with Gasteiger partial charge in [0.2, 0.25) is 0 Å². The number of halogens is 1. The molecule has 1 heterocycles. The van der Waals surface area contributed by atoms with Crippen molar-refractivity contribution in [1.29, 1.82) is 0 Å². The second-order valence-corrected chi connectivity index (χ2v) is 8.08. The fourth-order valence-corrected chi connectivity index (χ4v) is 3.83. The lowest BCUT2D eigenvalue weighted by Gasteiger charge is -2.33. The third-order valence-corrected chi connectivity index (χ3v) is 5.45. The van der Waals surface area contributed by atoms with Gasteiger partial charge in [-0.3, -0.25) is 0 Å². The second kappa shape index (κ2) is 8.76. The van der Waals surface area contributed by atoms with Crippen LogP contribution >= 0.6 is 15.9 Å². The standard InChI is InChI=1S/C25H22BrNO3/c1-3-25(28)29-14-4-5-18-7-10-20(11-8-18)27-21-12-6-17(2)15-23(21)30-24-16-19(26)9-13-22(24)27/h3,6-13,15-16H,1,4-5,14H2,2H3. The maximum atomic E-state index is 11.1. The maximum absolute atomic E-state index is 11.1. The smallest absolute Gasteiger partial charge is 0.330 e. The summed E-state index contributed by atoms with van der Waals surface area (Å²) < 4.78 is 12.2. The molecule has 0 saturated carbocycles. The molecule has 4 rings (SSSR count). The van der Waals surface area contributed by atoms with Crippen LogP contribution in [0.3, 0.4) is 0 Å². The molecule has 4 nitrogen and oxygen atoms in total. The Kier molecular flexibility index (Phi) is 5.91. The van der Waals surface area contributed by atoms with Gasteiger partial charge in [0.15, 0.2) is 11.5 Å². The van der Waals surface area contributed by atoms with E-state index in [0.29, 0.717) is 6.61 Å². The highest BCUT2D eigenvalue weighted by atomic mass is 79.9. The second-order valence-electron chi connectivity index (χ2n) is 7.16. The first kappa shape index (κ1) is 20.2. The van der Waals surface area contributed by atoms with Gasteiger partial charge in [-0.2, -0.15) is 0 Å². The van der Waals surface area contributed by atoms with Crippen molar-refractivity contribution in [3.63, 3.8) is 0 Å². The van der Waals surface area contributed by atoms with Crippen molar-refractivity contribution in [3.05, 3.63) is 88.9 Å². The van der Waals surface area contributed by atoms with Crippen LogP contribution in [0, 0.1) is 6.92 Å². The van der Waals surface area contributed by atoms with E-state index in [1.165, 1.54) is 11.6 Å². The monoisotopic (exact) mass is 463 g/mol. The van der Waals surface area contributed by atoms with E-state index < -0.39 is 0 Å². The van der Waals surface area contributed by atoms with Crippen LogP contribution in [-0.4, -0.2) is 12.6 Å². The number of hydrogen-bond acceptors (Lipinski definition) is 4. The summed E-state index contributed by atoms with van der Waals surface area (Å²) in [4.78, 5) is 13.3. The van der Waals surface area contributed by atoms with Gasteiger partial charge in [-0.05, 0) is 73.4 Å². The first-order chi connectivity index (χ1) is 14.5. The van der Waals surface area contributed by atoms with Crippen molar-refractivity contribution in [2.45, 2.75) is 19.8 Å². The Balaban J connectivity index is 1.59. The minimum Gasteiger partial charge on any atom is -0.463 e. The molecule has 1 aliphatic rings. The van der Waals surface area contributed by atoms with Crippen molar-refractivity contribution in [2.24, 2.45) is 0 Å². The fourth-order valence-electron chi connectivity index (χ4n) is 3.49. The summed E-state index contributed by atoms with van der Waals surface area (Å²) in [5.41, 5.74) is 5.42. The molecule has 0 aromatic heterocycles. The summed E-state index contributed by atoms with van der Waals surface area (Å²) in [6.45, 7) is 5.86. The molecule has 0 N–H and O–H groups in total. The lowest BCUT2D eigenvalue weighted by atomic mass is 10.1. The first-order valence-electron chi connectivity index (χ1n) is 9.81. The number of ether oxygens (including phenoxy) is 2. The number of carbonyl (C=O) groups is 1. The van der Waals surface area contributed by atoms with E-state index in [0.717, 1.165) is 51.4 Å². The Hall–Kier alpha value is -3.05. The van der Waals surface area contributed by atoms with E-state index >= 15 is 0 Å². The van der Waals surface area contributed by atoms with Gasteiger partial charge in [0.05, 0.1) is 18.0 Å². The van der Waals surface area contributed by atoms with Crippen LogP contribution in [0.25, 0.3) is 0 Å². The van der Waals surface area contributed by atoms with Gasteiger partial charge in [-0.25, -0.2) is 4.79 Å². The molecule has 152 valence electrons. The quantitative estimate of drug-likeness (QED) is 0.175. The number of aryl methyl sites for hydroxylation is 2. The summed E-state index contributed by atoms with van der Waals surface area (Å²) in [5.74, 6) is 1.28. The van der Waals surface area contributed by atoms with Crippen molar-refractivity contribution in [1.82, 2.24) is 0 Å². The Morgan fingerprint density at radius 1 is 1.07 bits per heavy atom. The van der Waals surface area contributed by atoms with Crippen molar-refractivity contribution >= 4 is 39.0 Å². The molecule has 0 amide bonds. The first-order valence-corrected chi connectivity index (χ1v) is 10.6. The largest absolute Gasteiger partial charge is 0.463 e. The number of anilines is 3. The van der Waals surface area contributed by atoms with Gasteiger partial charge in [0, 0.05) is 16.2 Å². The van der Waals surface area contributed by atoms with Gasteiger partial charge >= 0.3 is 5.97 Å². The minimum atomic E-state index is -0.378. The van der Waals surface area contributed by atoms with Crippen molar-refractivity contribution in [3.8, 4) is 11.5 Å². The zero-order valence-corrected chi connectivity index (χ0v) is 18.3. The Morgan fingerprint density at radius 3 is 2.50 bits per heavy atom. The molecule has 5 heteroatoms. The number of carbonyl (C=O) groups excluding carboxylic acids is 1. The van der Waals surface area contributed by atoms with Crippen LogP contribution < -0.4 is 9.64 Å². The van der Waals surface area contributed by atoms with Gasteiger partial charge in [0.25, 0.3) is 0 Å². The highest BCUT2D eigenvalue weighted by Crippen LogP contribution is 2.51. The molecular formula is C25H22BrNO3. The van der Waals surface area contributed by atoms with Crippen LogP contribution in [0.1, 0.15) is 17.5 Å². The highest BCUT2D eigenvalue weighted by Gasteiger charge is 2.26. The van der Waals surface area contributed by atoms with Crippen LogP contribution in [0.2, 0.25) is 0 Å². The third-order valence-electron chi connectivity index (χ3n) is 4.95. The number of benzene rings is 3. The predicted octanol–water partition coefficient (Wildman–Crippen LogP) is 6.99. The van der Waals surface area contributed by atoms with Crippen molar-refractivity contribution < 1.29 is 14.3 Å². The molecule has 0 aliphatic carbocycles. The topological polar surface area (TPSA) is 38.8 Å². The molecule has 1 aliphatic heterocycles. The van der Waals surface area contributed by atoms with E-state index in [1.54, 1.807) is 0 Å². The van der Waals surface area contributed by atoms with Crippen LogP contribution in [-0.2, 0) is 16.0 Å². The van der Waals surface area contributed by atoms with Crippen molar-refractivity contribution in [2.75, 3.05) is 11.5 Å². The lowest BCUT2D eigenvalue weighted by molar-refractivity contribution is -0.137. The minimum absolute atomic E-state index is 0.378. The Morgan fingerprint density at radius 2 is 1.77 bits per heavy atom. The third kappa shape index (κ3) is 4.26. The molecule has 0 fully saturated rings. The normalized spacial score (nSPS) is 11.9. The van der Waals surface area contributed by atoms with Gasteiger partial charge < -0.3 is 14.4 Å². The molecule has 0 saturated heterocycles. The number of esters is 1. The SMILES string of the molecule is C=CC(=O)OCCCc1ccc(N2c3ccc(C)cc3Oc3cc(Br)ccc32)cc1.